The Morgan fingerprint density at radius 1 is 1.41 bits per heavy atom. The first-order valence-corrected chi connectivity index (χ1v) is 6.71. The van der Waals surface area contributed by atoms with Crippen molar-refractivity contribution in [1.82, 2.24) is 9.97 Å². The highest BCUT2D eigenvalue weighted by Gasteiger charge is 2.09. The Balaban J connectivity index is 2.16. The molecule has 17 heavy (non-hydrogen) atoms. The molecule has 4 heteroatoms. The number of nitrogens with two attached hydrogens (primary N) is 1. The third kappa shape index (κ3) is 3.11. The summed E-state index contributed by atoms with van der Waals surface area (Å²) in [5.41, 5.74) is 8.13. The van der Waals surface area contributed by atoms with Crippen molar-refractivity contribution in [3.63, 3.8) is 0 Å². The van der Waals surface area contributed by atoms with E-state index >= 15 is 0 Å². The number of aryl methyl sites for hydroxylation is 1. The lowest BCUT2D eigenvalue weighted by molar-refractivity contribution is 0.863. The van der Waals surface area contributed by atoms with E-state index in [2.05, 4.69) is 23.0 Å². The lowest BCUT2D eigenvalue weighted by atomic mass is 10.2. The van der Waals surface area contributed by atoms with Gasteiger partial charge in [0.2, 0.25) is 0 Å². The molecule has 0 radical (unpaired) electrons. The summed E-state index contributed by atoms with van der Waals surface area (Å²) in [5, 5.41) is 1.14. The predicted octanol–water partition coefficient (Wildman–Crippen LogP) is 2.54. The molecule has 0 fully saturated rings. The van der Waals surface area contributed by atoms with Crippen molar-refractivity contribution in [2.24, 2.45) is 5.73 Å². The quantitative estimate of drug-likeness (QED) is 0.883. The van der Waals surface area contributed by atoms with Gasteiger partial charge in [0, 0.05) is 30.2 Å². The van der Waals surface area contributed by atoms with E-state index < -0.39 is 0 Å². The maximum absolute atomic E-state index is 5.75. The van der Waals surface area contributed by atoms with Crippen molar-refractivity contribution in [3.8, 4) is 0 Å². The van der Waals surface area contributed by atoms with Gasteiger partial charge in [-0.3, -0.25) is 4.98 Å². The Kier molecular flexibility index (Phi) is 4.23. The molecule has 0 saturated heterocycles. The van der Waals surface area contributed by atoms with Crippen LogP contribution >= 0.6 is 11.3 Å². The summed E-state index contributed by atoms with van der Waals surface area (Å²) < 4.78 is 0. The number of pyridine rings is 1. The molecule has 2 rings (SSSR count). The number of hydrogen-bond acceptors (Lipinski definition) is 4. The van der Waals surface area contributed by atoms with Gasteiger partial charge in [-0.05, 0) is 18.1 Å². The second kappa shape index (κ2) is 5.89. The van der Waals surface area contributed by atoms with Gasteiger partial charge in [-0.15, -0.1) is 11.3 Å². The third-order valence-electron chi connectivity index (χ3n) is 2.57. The van der Waals surface area contributed by atoms with Gasteiger partial charge in [0.25, 0.3) is 0 Å². The summed E-state index contributed by atoms with van der Waals surface area (Å²) in [7, 11) is 0. The van der Waals surface area contributed by atoms with Crippen molar-refractivity contribution in [2.75, 3.05) is 0 Å². The number of nitrogens with zero attached hydrogens (tertiary/aromatic N) is 2. The second-order valence-corrected chi connectivity index (χ2v) is 5.14. The van der Waals surface area contributed by atoms with Crippen molar-refractivity contribution < 1.29 is 0 Å². The van der Waals surface area contributed by atoms with Crippen LogP contribution in [0, 0.1) is 0 Å². The van der Waals surface area contributed by atoms with Gasteiger partial charge in [0.1, 0.15) is 0 Å². The van der Waals surface area contributed by atoms with Crippen LogP contribution in [-0.4, -0.2) is 9.97 Å². The molecule has 0 atom stereocenters. The fraction of sp³-hybridized carbons (Fsp3) is 0.385. The molecule has 0 spiro atoms. The van der Waals surface area contributed by atoms with E-state index in [1.54, 1.807) is 17.5 Å². The standard InChI is InChI=1S/C13H17N3S/c1-2-4-11-12(8-14)17-13(16-11)7-10-5-3-6-15-9-10/h3,5-6,9H,2,4,7-8,14H2,1H3. The van der Waals surface area contributed by atoms with Crippen LogP contribution in [0.1, 0.15) is 34.5 Å². The smallest absolute Gasteiger partial charge is 0.0976 e. The number of thiazole rings is 1. The third-order valence-corrected chi connectivity index (χ3v) is 3.69. The molecule has 2 heterocycles. The number of hydrogen-bond donors (Lipinski definition) is 1. The number of aromatic nitrogens is 2. The van der Waals surface area contributed by atoms with Gasteiger partial charge in [-0.1, -0.05) is 19.4 Å². The van der Waals surface area contributed by atoms with Crippen LogP contribution in [0.15, 0.2) is 24.5 Å². The lowest BCUT2D eigenvalue weighted by Crippen LogP contribution is -1.98. The van der Waals surface area contributed by atoms with Gasteiger partial charge >= 0.3 is 0 Å². The SMILES string of the molecule is CCCc1nc(Cc2cccnc2)sc1CN. The monoisotopic (exact) mass is 247 g/mol. The van der Waals surface area contributed by atoms with E-state index in [0.717, 1.165) is 24.3 Å². The van der Waals surface area contributed by atoms with E-state index in [1.807, 2.05) is 12.3 Å². The zero-order valence-electron chi connectivity index (χ0n) is 10.0. The van der Waals surface area contributed by atoms with Crippen LogP contribution in [0.2, 0.25) is 0 Å². The summed E-state index contributed by atoms with van der Waals surface area (Å²) >= 11 is 1.73. The molecule has 3 nitrogen and oxygen atoms in total. The summed E-state index contributed by atoms with van der Waals surface area (Å²) in [6, 6.07) is 4.04. The molecule has 0 aliphatic carbocycles. The fourth-order valence-electron chi connectivity index (χ4n) is 1.78. The van der Waals surface area contributed by atoms with Crippen LogP contribution in [0.5, 0.6) is 0 Å². The first-order valence-electron chi connectivity index (χ1n) is 5.90. The normalized spacial score (nSPS) is 10.7. The van der Waals surface area contributed by atoms with E-state index in [9.17, 15) is 0 Å². The summed E-state index contributed by atoms with van der Waals surface area (Å²) in [4.78, 5) is 10.0. The maximum atomic E-state index is 5.75. The highest BCUT2D eigenvalue weighted by molar-refractivity contribution is 7.11. The Morgan fingerprint density at radius 3 is 2.94 bits per heavy atom. The predicted molar refractivity (Wildman–Crippen MR) is 71.0 cm³/mol. The molecular weight excluding hydrogens is 230 g/mol. The molecule has 0 aliphatic heterocycles. The van der Waals surface area contributed by atoms with Crippen LogP contribution < -0.4 is 5.73 Å². The van der Waals surface area contributed by atoms with Crippen molar-refractivity contribution in [3.05, 3.63) is 45.7 Å². The minimum absolute atomic E-state index is 0.597. The number of rotatable bonds is 5. The molecular formula is C13H17N3S. The Bertz CT molecular complexity index is 465. The van der Waals surface area contributed by atoms with Gasteiger partial charge in [-0.2, -0.15) is 0 Å². The largest absolute Gasteiger partial charge is 0.326 e. The first-order chi connectivity index (χ1) is 8.33. The molecule has 0 unspecified atom stereocenters. The molecule has 2 aromatic rings. The van der Waals surface area contributed by atoms with Crippen molar-refractivity contribution >= 4 is 11.3 Å². The van der Waals surface area contributed by atoms with Crippen molar-refractivity contribution in [2.45, 2.75) is 32.7 Å². The molecule has 0 aromatic carbocycles. The topological polar surface area (TPSA) is 51.8 Å². The van der Waals surface area contributed by atoms with Gasteiger partial charge in [-0.25, -0.2) is 4.98 Å². The van der Waals surface area contributed by atoms with Gasteiger partial charge in [0.15, 0.2) is 0 Å². The zero-order valence-corrected chi connectivity index (χ0v) is 10.8. The molecule has 2 N–H and O–H groups in total. The minimum atomic E-state index is 0.597. The van der Waals surface area contributed by atoms with Crippen LogP contribution in [-0.2, 0) is 19.4 Å². The summed E-state index contributed by atoms with van der Waals surface area (Å²) in [6.07, 6.45) is 6.68. The van der Waals surface area contributed by atoms with E-state index in [0.29, 0.717) is 6.54 Å². The van der Waals surface area contributed by atoms with Crippen molar-refractivity contribution in [1.29, 1.82) is 0 Å². The molecule has 90 valence electrons. The van der Waals surface area contributed by atoms with Crippen LogP contribution in [0.3, 0.4) is 0 Å². The molecule has 0 saturated carbocycles. The minimum Gasteiger partial charge on any atom is -0.326 e. The first kappa shape index (κ1) is 12.2. The highest BCUT2D eigenvalue weighted by Crippen LogP contribution is 2.21. The average Bonchev–Trinajstić information content (AvgIpc) is 2.73. The lowest BCUT2D eigenvalue weighted by Gasteiger charge is -1.95. The molecule has 0 amide bonds. The summed E-state index contributed by atoms with van der Waals surface area (Å²) in [5.74, 6) is 0. The highest BCUT2D eigenvalue weighted by atomic mass is 32.1. The maximum Gasteiger partial charge on any atom is 0.0976 e. The van der Waals surface area contributed by atoms with Gasteiger partial charge in [0.05, 0.1) is 10.7 Å². The molecule has 0 aliphatic rings. The van der Waals surface area contributed by atoms with Crippen LogP contribution in [0.25, 0.3) is 0 Å². The van der Waals surface area contributed by atoms with Crippen LogP contribution in [0.4, 0.5) is 0 Å². The van der Waals surface area contributed by atoms with E-state index in [1.165, 1.54) is 16.1 Å². The zero-order chi connectivity index (χ0) is 12.1. The Hall–Kier alpha value is -1.26. The Morgan fingerprint density at radius 2 is 2.29 bits per heavy atom. The van der Waals surface area contributed by atoms with E-state index in [-0.39, 0.29) is 0 Å². The average molecular weight is 247 g/mol. The molecule has 0 bridgehead atoms. The Labute approximate surface area is 106 Å². The molecule has 2 aromatic heterocycles. The second-order valence-electron chi connectivity index (χ2n) is 3.97. The van der Waals surface area contributed by atoms with Gasteiger partial charge < -0.3 is 5.73 Å². The summed E-state index contributed by atoms with van der Waals surface area (Å²) in [6.45, 7) is 2.76. The fourth-order valence-corrected chi connectivity index (χ4v) is 2.81. The van der Waals surface area contributed by atoms with E-state index in [4.69, 9.17) is 5.73 Å².